The molecule has 36 heavy (non-hydrogen) atoms. The minimum atomic E-state index is -0.565. The minimum absolute atomic E-state index is 0.0514. The number of nitrogens with zero attached hydrogens (tertiary/aromatic N) is 4. The number of carbonyl (C=O) groups excluding carboxylic acids is 1. The standard InChI is InChI=1S/C26H23ClF2N4O2S/c1-2-3-9-35-25(34)33-13-26(14-33)11-32(12-26)24-17-10-30-22(21(29)23(17)31-36-24)16-6-4-5-15-7-8-18(28)20(27)19(15)16/h4-8,10H,2-3,9,11-14H2,1H3. The number of fused-ring (bicyclic) bond motifs is 2. The van der Waals surface area contributed by atoms with E-state index in [4.69, 9.17) is 16.3 Å². The average molecular weight is 529 g/mol. The molecule has 10 heteroatoms. The molecule has 0 saturated carbocycles. The Morgan fingerprint density at radius 3 is 2.78 bits per heavy atom. The van der Waals surface area contributed by atoms with Gasteiger partial charge in [-0.1, -0.05) is 49.2 Å². The van der Waals surface area contributed by atoms with Crippen LogP contribution >= 0.6 is 23.1 Å². The van der Waals surface area contributed by atoms with E-state index in [9.17, 15) is 9.18 Å². The molecule has 6 rings (SSSR count). The molecule has 186 valence electrons. The minimum Gasteiger partial charge on any atom is -0.449 e. The molecular weight excluding hydrogens is 506 g/mol. The molecule has 4 heterocycles. The largest absolute Gasteiger partial charge is 0.449 e. The molecule has 0 radical (unpaired) electrons. The molecule has 6 nitrogen and oxygen atoms in total. The van der Waals surface area contributed by atoms with Gasteiger partial charge in [0, 0.05) is 48.7 Å². The number of benzene rings is 2. The second-order valence-corrected chi connectivity index (χ2v) is 10.7. The Balaban J connectivity index is 1.22. The second-order valence-electron chi connectivity index (χ2n) is 9.62. The third kappa shape index (κ3) is 3.67. The van der Waals surface area contributed by atoms with Crippen molar-refractivity contribution in [2.45, 2.75) is 19.8 Å². The van der Waals surface area contributed by atoms with Gasteiger partial charge in [0.05, 0.1) is 17.0 Å². The molecule has 2 aliphatic rings. The summed E-state index contributed by atoms with van der Waals surface area (Å²) in [5, 5.41) is 2.57. The van der Waals surface area contributed by atoms with Crippen molar-refractivity contribution < 1.29 is 18.3 Å². The Morgan fingerprint density at radius 2 is 2.00 bits per heavy atom. The number of hydrogen-bond acceptors (Lipinski definition) is 6. The van der Waals surface area contributed by atoms with Gasteiger partial charge < -0.3 is 14.5 Å². The van der Waals surface area contributed by atoms with Crippen LogP contribution in [0.15, 0.2) is 36.5 Å². The van der Waals surface area contributed by atoms with Crippen LogP contribution in [0.5, 0.6) is 0 Å². The van der Waals surface area contributed by atoms with E-state index in [1.54, 1.807) is 35.4 Å². The molecule has 2 aliphatic heterocycles. The van der Waals surface area contributed by atoms with Crippen molar-refractivity contribution in [3.63, 3.8) is 0 Å². The maximum atomic E-state index is 15.7. The van der Waals surface area contributed by atoms with E-state index in [-0.39, 0.29) is 27.7 Å². The maximum Gasteiger partial charge on any atom is 0.409 e. The molecule has 2 saturated heterocycles. The molecule has 0 atom stereocenters. The van der Waals surface area contributed by atoms with E-state index in [0.717, 1.165) is 30.9 Å². The van der Waals surface area contributed by atoms with E-state index in [1.807, 2.05) is 0 Å². The Morgan fingerprint density at radius 1 is 1.19 bits per heavy atom. The molecule has 0 N–H and O–H groups in total. The number of anilines is 1. The highest BCUT2D eigenvalue weighted by Crippen LogP contribution is 2.46. The Bertz CT molecular complexity index is 1500. The molecule has 0 unspecified atom stereocenters. The van der Waals surface area contributed by atoms with Crippen molar-refractivity contribution in [2.24, 2.45) is 5.41 Å². The number of pyridine rings is 1. The number of aromatic nitrogens is 2. The molecule has 1 spiro atoms. The van der Waals surface area contributed by atoms with E-state index in [1.165, 1.54) is 17.6 Å². The number of hydrogen-bond donors (Lipinski definition) is 0. The van der Waals surface area contributed by atoms with Crippen LogP contribution in [0.2, 0.25) is 5.02 Å². The van der Waals surface area contributed by atoms with E-state index >= 15 is 4.39 Å². The van der Waals surface area contributed by atoms with Gasteiger partial charge in [-0.25, -0.2) is 13.6 Å². The Labute approximate surface area is 215 Å². The normalized spacial score (nSPS) is 16.4. The number of unbranched alkanes of at least 4 members (excludes halogenated alkanes) is 1. The van der Waals surface area contributed by atoms with Crippen molar-refractivity contribution in [1.82, 2.24) is 14.3 Å². The number of carbonyl (C=O) groups is 1. The first kappa shape index (κ1) is 23.4. The molecule has 0 aliphatic carbocycles. The Kier molecular flexibility index (Phi) is 5.72. The zero-order valence-electron chi connectivity index (χ0n) is 19.6. The predicted octanol–water partition coefficient (Wildman–Crippen LogP) is 6.50. The summed E-state index contributed by atoms with van der Waals surface area (Å²) in [6, 6.07) is 8.17. The molecule has 0 bridgehead atoms. The highest BCUT2D eigenvalue weighted by molar-refractivity contribution is 7.11. The third-order valence-corrected chi connectivity index (χ3v) is 8.31. The summed E-state index contributed by atoms with van der Waals surface area (Å²) >= 11 is 7.49. The van der Waals surface area contributed by atoms with Crippen molar-refractivity contribution in [3.05, 3.63) is 53.2 Å². The molecule has 1 amide bonds. The average Bonchev–Trinajstić information content (AvgIpc) is 3.25. The summed E-state index contributed by atoms with van der Waals surface area (Å²) in [5.41, 5.74) is 0.804. The Hall–Kier alpha value is -3.04. The summed E-state index contributed by atoms with van der Waals surface area (Å²) in [5.74, 6) is -1.12. The van der Waals surface area contributed by atoms with Crippen LogP contribution < -0.4 is 4.90 Å². The number of halogens is 3. The molecular formula is C26H23ClF2N4O2S. The van der Waals surface area contributed by atoms with Gasteiger partial charge in [-0.15, -0.1) is 0 Å². The van der Waals surface area contributed by atoms with Crippen LogP contribution in [0, 0.1) is 17.0 Å². The third-order valence-electron chi connectivity index (χ3n) is 7.01. The molecule has 2 fully saturated rings. The first-order valence-corrected chi connectivity index (χ1v) is 13.0. The summed E-state index contributed by atoms with van der Waals surface area (Å²) in [7, 11) is 0. The van der Waals surface area contributed by atoms with Crippen LogP contribution in [-0.2, 0) is 4.74 Å². The number of likely N-dealkylation sites (tertiary alicyclic amines) is 1. The monoisotopic (exact) mass is 528 g/mol. The molecule has 2 aromatic carbocycles. The molecule has 2 aromatic heterocycles. The number of rotatable bonds is 5. The van der Waals surface area contributed by atoms with Gasteiger partial charge in [0.2, 0.25) is 0 Å². The topological polar surface area (TPSA) is 58.6 Å². The van der Waals surface area contributed by atoms with Crippen LogP contribution in [0.1, 0.15) is 19.8 Å². The van der Waals surface area contributed by atoms with Crippen LogP contribution in [0.3, 0.4) is 0 Å². The lowest BCUT2D eigenvalue weighted by Crippen LogP contribution is -2.73. The fourth-order valence-electron chi connectivity index (χ4n) is 5.18. The van der Waals surface area contributed by atoms with Gasteiger partial charge in [-0.05, 0) is 29.4 Å². The fourth-order valence-corrected chi connectivity index (χ4v) is 6.30. The predicted molar refractivity (Wildman–Crippen MR) is 138 cm³/mol. The van der Waals surface area contributed by atoms with Gasteiger partial charge in [0.15, 0.2) is 5.82 Å². The summed E-state index contributed by atoms with van der Waals surface area (Å²) in [4.78, 5) is 20.4. The highest BCUT2D eigenvalue weighted by atomic mass is 35.5. The summed E-state index contributed by atoms with van der Waals surface area (Å²) in [6.07, 6.45) is 3.23. The molecule has 4 aromatic rings. The zero-order valence-corrected chi connectivity index (χ0v) is 21.1. The SMILES string of the molecule is CCCCOC(=O)N1CC2(C1)CN(c1snc3c(F)c(-c4cccc5ccc(F)c(Cl)c45)ncc13)C2. The van der Waals surface area contributed by atoms with Gasteiger partial charge in [0.1, 0.15) is 22.0 Å². The number of amides is 1. The smallest absolute Gasteiger partial charge is 0.409 e. The quantitative estimate of drug-likeness (QED) is 0.277. The summed E-state index contributed by atoms with van der Waals surface area (Å²) < 4.78 is 39.5. The maximum absolute atomic E-state index is 15.7. The van der Waals surface area contributed by atoms with Crippen LogP contribution in [-0.4, -0.2) is 53.1 Å². The zero-order chi connectivity index (χ0) is 25.0. The van der Waals surface area contributed by atoms with Crippen LogP contribution in [0.25, 0.3) is 32.9 Å². The van der Waals surface area contributed by atoms with Crippen LogP contribution in [0.4, 0.5) is 18.6 Å². The van der Waals surface area contributed by atoms with Gasteiger partial charge in [-0.2, -0.15) is 4.37 Å². The lowest BCUT2D eigenvalue weighted by Gasteiger charge is -2.59. The van der Waals surface area contributed by atoms with E-state index < -0.39 is 11.6 Å². The van der Waals surface area contributed by atoms with Crippen molar-refractivity contribution in [2.75, 3.05) is 37.7 Å². The second kappa shape index (κ2) is 8.81. The fraction of sp³-hybridized carbons (Fsp3) is 0.346. The van der Waals surface area contributed by atoms with E-state index in [0.29, 0.717) is 41.4 Å². The highest BCUT2D eigenvalue weighted by Gasteiger charge is 2.54. The lowest BCUT2D eigenvalue weighted by molar-refractivity contribution is -0.0203. The van der Waals surface area contributed by atoms with Crippen molar-refractivity contribution in [3.8, 4) is 11.3 Å². The first-order valence-electron chi connectivity index (χ1n) is 11.9. The van der Waals surface area contributed by atoms with Crippen molar-refractivity contribution >= 4 is 55.9 Å². The van der Waals surface area contributed by atoms with Gasteiger partial charge in [0.25, 0.3) is 0 Å². The van der Waals surface area contributed by atoms with E-state index in [2.05, 4.69) is 21.2 Å². The summed E-state index contributed by atoms with van der Waals surface area (Å²) in [6.45, 7) is 5.38. The lowest BCUT2D eigenvalue weighted by atomic mass is 9.73. The van der Waals surface area contributed by atoms with Crippen molar-refractivity contribution in [1.29, 1.82) is 0 Å². The van der Waals surface area contributed by atoms with Gasteiger partial charge >= 0.3 is 6.09 Å². The first-order chi connectivity index (χ1) is 17.4. The van der Waals surface area contributed by atoms with Gasteiger partial charge in [-0.3, -0.25) is 4.98 Å². The number of ether oxygens (including phenoxy) is 1.